The number of aromatic nitrogens is 2. The number of ether oxygens (including phenoxy) is 1. The van der Waals surface area contributed by atoms with Gasteiger partial charge in [0.2, 0.25) is 0 Å². The number of carbonyl (C=O) groups excluding carboxylic acids is 1. The van der Waals surface area contributed by atoms with Crippen LogP contribution >= 0.6 is 11.8 Å². The number of alkyl halides is 2. The Labute approximate surface area is 146 Å². The van der Waals surface area contributed by atoms with Crippen molar-refractivity contribution in [1.82, 2.24) is 14.9 Å². The van der Waals surface area contributed by atoms with E-state index in [9.17, 15) is 18.4 Å². The second kappa shape index (κ2) is 7.64. The van der Waals surface area contributed by atoms with E-state index in [0.29, 0.717) is 24.7 Å². The van der Waals surface area contributed by atoms with E-state index in [2.05, 4.69) is 15.0 Å². The van der Waals surface area contributed by atoms with Gasteiger partial charge in [-0.05, 0) is 24.1 Å². The smallest absolute Gasteiger partial charge is 0.387 e. The van der Waals surface area contributed by atoms with Gasteiger partial charge < -0.3 is 10.1 Å². The molecule has 0 radical (unpaired) electrons. The summed E-state index contributed by atoms with van der Waals surface area (Å²) < 4.78 is 29.9. The molecule has 0 atom stereocenters. The molecule has 0 saturated carbocycles. The highest BCUT2D eigenvalue weighted by molar-refractivity contribution is 7.99. The number of halogens is 2. The number of amides is 1. The number of hydrogen-bond donors (Lipinski definition) is 1. The molecule has 3 rings (SSSR count). The summed E-state index contributed by atoms with van der Waals surface area (Å²) in [7, 11) is 0. The first kappa shape index (κ1) is 17.4. The molecule has 1 aromatic carbocycles. The van der Waals surface area contributed by atoms with Gasteiger partial charge in [0.15, 0.2) is 5.16 Å². The number of nitrogens with zero attached hydrogens (tertiary/aromatic N) is 2. The molecule has 1 aliphatic heterocycles. The van der Waals surface area contributed by atoms with Crippen LogP contribution in [0.15, 0.2) is 40.4 Å². The van der Waals surface area contributed by atoms with Gasteiger partial charge in [0.05, 0.1) is 0 Å². The van der Waals surface area contributed by atoms with Crippen molar-refractivity contribution >= 4 is 17.7 Å². The molecule has 9 heteroatoms. The molecule has 0 unspecified atom stereocenters. The van der Waals surface area contributed by atoms with Crippen molar-refractivity contribution in [3.8, 4) is 5.75 Å². The van der Waals surface area contributed by atoms with Gasteiger partial charge in [0, 0.05) is 25.0 Å². The van der Waals surface area contributed by atoms with Gasteiger partial charge in [0.1, 0.15) is 11.3 Å². The average Bonchev–Trinajstić information content (AvgIpc) is 3.06. The molecular weight excluding hydrogens is 352 g/mol. The zero-order chi connectivity index (χ0) is 17.8. The second-order valence-electron chi connectivity index (χ2n) is 5.29. The summed E-state index contributed by atoms with van der Waals surface area (Å²) in [4.78, 5) is 28.5. The minimum atomic E-state index is -2.86. The van der Waals surface area contributed by atoms with Gasteiger partial charge in [0.25, 0.3) is 11.5 Å². The van der Waals surface area contributed by atoms with Crippen molar-refractivity contribution < 1.29 is 18.3 Å². The Kier molecular flexibility index (Phi) is 5.32. The Morgan fingerprint density at radius 2 is 2.12 bits per heavy atom. The van der Waals surface area contributed by atoms with Crippen molar-refractivity contribution in [1.29, 1.82) is 0 Å². The summed E-state index contributed by atoms with van der Waals surface area (Å²) in [5, 5.41) is 3.31. The Morgan fingerprint density at radius 1 is 1.36 bits per heavy atom. The van der Waals surface area contributed by atoms with Gasteiger partial charge in [-0.3, -0.25) is 14.2 Å². The third kappa shape index (κ3) is 4.16. The zero-order valence-electron chi connectivity index (χ0n) is 13.1. The third-order valence-corrected chi connectivity index (χ3v) is 4.62. The highest BCUT2D eigenvalue weighted by Gasteiger charge is 2.19. The number of carbonyl (C=O) groups is 1. The molecule has 132 valence electrons. The SMILES string of the molecule is O=C(NCCc1ccc(OC(F)F)cc1)c1cnc2n(c1=O)CCS2. The van der Waals surface area contributed by atoms with E-state index < -0.39 is 12.5 Å². The molecular formula is C16H15F2N3O3S. The van der Waals surface area contributed by atoms with Crippen molar-refractivity contribution in [3.63, 3.8) is 0 Å². The number of rotatable bonds is 6. The molecule has 0 saturated heterocycles. The largest absolute Gasteiger partial charge is 0.435 e. The number of fused-ring (bicyclic) bond motifs is 1. The van der Waals surface area contributed by atoms with E-state index in [-0.39, 0.29) is 16.9 Å². The summed E-state index contributed by atoms with van der Waals surface area (Å²) in [6.45, 7) is -1.99. The molecule has 0 aliphatic carbocycles. The van der Waals surface area contributed by atoms with E-state index in [4.69, 9.17) is 0 Å². The second-order valence-corrected chi connectivity index (χ2v) is 6.35. The summed E-state index contributed by atoms with van der Waals surface area (Å²) in [5.74, 6) is 0.388. The van der Waals surface area contributed by atoms with Gasteiger partial charge in [-0.25, -0.2) is 4.98 Å². The van der Waals surface area contributed by atoms with Crippen molar-refractivity contribution in [2.45, 2.75) is 24.7 Å². The van der Waals surface area contributed by atoms with E-state index in [1.807, 2.05) is 0 Å². The van der Waals surface area contributed by atoms with E-state index in [1.165, 1.54) is 34.7 Å². The topological polar surface area (TPSA) is 73.2 Å². The predicted molar refractivity (Wildman–Crippen MR) is 88.3 cm³/mol. The first-order valence-electron chi connectivity index (χ1n) is 7.59. The minimum absolute atomic E-state index is 0.0203. The van der Waals surface area contributed by atoms with Crippen LogP contribution in [0.5, 0.6) is 5.75 Å². The average molecular weight is 367 g/mol. The molecule has 0 bridgehead atoms. The van der Waals surface area contributed by atoms with E-state index in [0.717, 1.165) is 11.3 Å². The fraction of sp³-hybridized carbons (Fsp3) is 0.312. The maximum absolute atomic E-state index is 12.2. The van der Waals surface area contributed by atoms with Crippen LogP contribution in [-0.2, 0) is 13.0 Å². The fourth-order valence-electron chi connectivity index (χ4n) is 2.43. The number of thioether (sulfide) groups is 1. The van der Waals surface area contributed by atoms with Crippen LogP contribution in [0.4, 0.5) is 8.78 Å². The lowest BCUT2D eigenvalue weighted by Crippen LogP contribution is -2.34. The van der Waals surface area contributed by atoms with Crippen molar-refractivity contribution in [3.05, 3.63) is 51.9 Å². The molecule has 1 amide bonds. The quantitative estimate of drug-likeness (QED) is 0.790. The lowest BCUT2D eigenvalue weighted by molar-refractivity contribution is -0.0498. The first-order chi connectivity index (χ1) is 12.0. The summed E-state index contributed by atoms with van der Waals surface area (Å²) in [6, 6.07) is 6.18. The molecule has 0 fully saturated rings. The van der Waals surface area contributed by atoms with E-state index >= 15 is 0 Å². The molecule has 1 aromatic heterocycles. The lowest BCUT2D eigenvalue weighted by atomic mass is 10.1. The maximum Gasteiger partial charge on any atom is 0.387 e. The fourth-order valence-corrected chi connectivity index (χ4v) is 3.34. The zero-order valence-corrected chi connectivity index (χ0v) is 13.9. The molecule has 0 spiro atoms. The van der Waals surface area contributed by atoms with Crippen LogP contribution in [0.3, 0.4) is 0 Å². The molecule has 2 aromatic rings. The molecule has 2 heterocycles. The minimum Gasteiger partial charge on any atom is -0.435 e. The lowest BCUT2D eigenvalue weighted by Gasteiger charge is -2.08. The Balaban J connectivity index is 1.56. The maximum atomic E-state index is 12.2. The van der Waals surface area contributed by atoms with Gasteiger partial charge >= 0.3 is 6.61 Å². The normalized spacial score (nSPS) is 12.9. The third-order valence-electron chi connectivity index (χ3n) is 3.65. The van der Waals surface area contributed by atoms with Crippen molar-refractivity contribution in [2.75, 3.05) is 12.3 Å². The first-order valence-corrected chi connectivity index (χ1v) is 8.58. The van der Waals surface area contributed by atoms with Crippen LogP contribution in [0.2, 0.25) is 0 Å². The molecule has 1 N–H and O–H groups in total. The van der Waals surface area contributed by atoms with Crippen LogP contribution in [0.25, 0.3) is 0 Å². The van der Waals surface area contributed by atoms with Gasteiger partial charge in [-0.1, -0.05) is 23.9 Å². The van der Waals surface area contributed by atoms with Crippen molar-refractivity contribution in [2.24, 2.45) is 0 Å². The predicted octanol–water partition coefficient (Wildman–Crippen LogP) is 1.92. The number of nitrogens with one attached hydrogen (secondary N) is 1. The van der Waals surface area contributed by atoms with E-state index in [1.54, 1.807) is 12.1 Å². The number of benzene rings is 1. The standard InChI is InChI=1S/C16H15F2N3O3S/c17-15(18)24-11-3-1-10(2-4-11)5-6-19-13(22)12-9-20-16-21(14(12)23)7-8-25-16/h1-4,9,15H,5-8H2,(H,19,22). The highest BCUT2D eigenvalue weighted by Crippen LogP contribution is 2.20. The van der Waals surface area contributed by atoms with Crippen LogP contribution in [0.1, 0.15) is 15.9 Å². The molecule has 25 heavy (non-hydrogen) atoms. The Morgan fingerprint density at radius 3 is 2.84 bits per heavy atom. The Hall–Kier alpha value is -2.42. The number of hydrogen-bond acceptors (Lipinski definition) is 5. The van der Waals surface area contributed by atoms with Crippen LogP contribution in [0, 0.1) is 0 Å². The van der Waals surface area contributed by atoms with Crippen LogP contribution < -0.4 is 15.6 Å². The van der Waals surface area contributed by atoms with Gasteiger partial charge in [-0.2, -0.15) is 8.78 Å². The summed E-state index contributed by atoms with van der Waals surface area (Å²) >= 11 is 1.49. The highest BCUT2D eigenvalue weighted by atomic mass is 32.2. The summed E-state index contributed by atoms with van der Waals surface area (Å²) in [6.07, 6.45) is 1.80. The Bertz CT molecular complexity index is 824. The van der Waals surface area contributed by atoms with Gasteiger partial charge in [-0.15, -0.1) is 0 Å². The molecule has 6 nitrogen and oxygen atoms in total. The monoisotopic (exact) mass is 367 g/mol. The molecule has 1 aliphatic rings. The summed E-state index contributed by atoms with van der Waals surface area (Å²) in [5.41, 5.74) is 0.537. The van der Waals surface area contributed by atoms with Crippen LogP contribution in [-0.4, -0.2) is 34.4 Å².